The zero-order valence-electron chi connectivity index (χ0n) is 4.08. The fourth-order valence-electron chi connectivity index (χ4n) is 0.281. The van der Waals surface area contributed by atoms with Crippen LogP contribution < -0.4 is 0 Å². The van der Waals surface area contributed by atoms with Gasteiger partial charge in [0.05, 0.1) is 0 Å². The highest BCUT2D eigenvalue weighted by atomic mass is 35.5. The van der Waals surface area contributed by atoms with Gasteiger partial charge in [0.1, 0.15) is 0 Å². The summed E-state index contributed by atoms with van der Waals surface area (Å²) in [5.74, 6) is 0. The Morgan fingerprint density at radius 1 is 1.67 bits per heavy atom. The number of unbranched alkanes of at least 4 members (excludes halogenated alkanes) is 1. The van der Waals surface area contributed by atoms with Crippen molar-refractivity contribution >= 4 is 18.2 Å². The monoisotopic (exact) mass is 103 g/mol. The molecule has 0 aromatic heterocycles. The van der Waals surface area contributed by atoms with E-state index in [9.17, 15) is 0 Å². The summed E-state index contributed by atoms with van der Waals surface area (Å²) in [6, 6.07) is 0. The first-order valence-electron chi connectivity index (χ1n) is 2.33. The Bertz CT molecular complexity index is 19.5. The van der Waals surface area contributed by atoms with Gasteiger partial charge in [0.2, 0.25) is 6.69 Å². The SMILES string of the molecule is CCCC[B]Cl. The number of hydrogen-bond donors (Lipinski definition) is 0. The molecule has 0 N–H and O–H groups in total. The van der Waals surface area contributed by atoms with E-state index in [0.29, 0.717) is 0 Å². The molecule has 0 fully saturated rings. The van der Waals surface area contributed by atoms with Gasteiger partial charge in [-0.05, 0) is 0 Å². The van der Waals surface area contributed by atoms with E-state index in [1.807, 2.05) is 0 Å². The molecule has 0 nitrogen and oxygen atoms in total. The summed E-state index contributed by atoms with van der Waals surface area (Å²) < 4.78 is 0. The predicted molar refractivity (Wildman–Crippen MR) is 31.3 cm³/mol. The van der Waals surface area contributed by atoms with Crippen LogP contribution in [0.2, 0.25) is 6.32 Å². The second-order valence-electron chi connectivity index (χ2n) is 1.30. The van der Waals surface area contributed by atoms with Gasteiger partial charge in [0.15, 0.2) is 0 Å². The zero-order valence-corrected chi connectivity index (χ0v) is 4.83. The van der Waals surface area contributed by atoms with Crippen LogP contribution in [0.4, 0.5) is 0 Å². The predicted octanol–water partition coefficient (Wildman–Crippen LogP) is 2.06. The Balaban J connectivity index is 2.34. The van der Waals surface area contributed by atoms with Crippen LogP contribution in [0.15, 0.2) is 0 Å². The van der Waals surface area contributed by atoms with Gasteiger partial charge < -0.3 is 0 Å². The molecule has 0 saturated carbocycles. The topological polar surface area (TPSA) is 0 Å². The quantitative estimate of drug-likeness (QED) is 0.379. The molecule has 0 aromatic carbocycles. The molecule has 0 saturated heterocycles. The molecule has 0 amide bonds. The minimum atomic E-state index is 1.05. The number of halogens is 1. The highest BCUT2D eigenvalue weighted by Crippen LogP contribution is 1.93. The summed E-state index contributed by atoms with van der Waals surface area (Å²) in [5, 5.41) is 0. The molecule has 0 aliphatic heterocycles. The van der Waals surface area contributed by atoms with Crippen molar-refractivity contribution in [2.24, 2.45) is 0 Å². The molecule has 1 radical (unpaired) electrons. The molecule has 0 bridgehead atoms. The van der Waals surface area contributed by atoms with Gasteiger partial charge in [-0.15, -0.1) is 0 Å². The Labute approximate surface area is 45.0 Å². The fourth-order valence-corrected chi connectivity index (χ4v) is 0.436. The lowest BCUT2D eigenvalue weighted by molar-refractivity contribution is 0.882. The van der Waals surface area contributed by atoms with Gasteiger partial charge in [-0.3, -0.25) is 0 Å². The van der Waals surface area contributed by atoms with Crippen LogP contribution in [0, 0.1) is 0 Å². The first kappa shape index (κ1) is 6.35. The lowest BCUT2D eigenvalue weighted by Crippen LogP contribution is -1.73. The Kier molecular flexibility index (Phi) is 5.67. The van der Waals surface area contributed by atoms with Gasteiger partial charge in [0.25, 0.3) is 0 Å². The molecule has 0 rings (SSSR count). The first-order chi connectivity index (χ1) is 2.91. The molecule has 0 aliphatic carbocycles. The van der Waals surface area contributed by atoms with Crippen molar-refractivity contribution < 1.29 is 0 Å². The minimum Gasteiger partial charge on any atom is -0.204 e. The summed E-state index contributed by atoms with van der Waals surface area (Å²) in [7, 11) is 0. The van der Waals surface area contributed by atoms with E-state index in [4.69, 9.17) is 11.5 Å². The minimum absolute atomic E-state index is 1.05. The van der Waals surface area contributed by atoms with Crippen LogP contribution in [-0.4, -0.2) is 6.69 Å². The van der Waals surface area contributed by atoms with Gasteiger partial charge in [-0.1, -0.05) is 26.1 Å². The Morgan fingerprint density at radius 2 is 2.33 bits per heavy atom. The largest absolute Gasteiger partial charge is 0.238 e. The van der Waals surface area contributed by atoms with Crippen LogP contribution in [0.3, 0.4) is 0 Å². The van der Waals surface area contributed by atoms with Crippen molar-refractivity contribution in [1.29, 1.82) is 0 Å². The van der Waals surface area contributed by atoms with Crippen molar-refractivity contribution in [1.82, 2.24) is 0 Å². The highest BCUT2D eigenvalue weighted by Gasteiger charge is 1.80. The average molecular weight is 103 g/mol. The van der Waals surface area contributed by atoms with E-state index in [1.54, 1.807) is 6.69 Å². The lowest BCUT2D eigenvalue weighted by Gasteiger charge is -1.82. The van der Waals surface area contributed by atoms with Gasteiger partial charge in [-0.25, -0.2) is 11.5 Å². The third-order valence-electron chi connectivity index (χ3n) is 0.667. The van der Waals surface area contributed by atoms with Crippen molar-refractivity contribution in [2.45, 2.75) is 26.1 Å². The molecule has 2 heteroatoms. The van der Waals surface area contributed by atoms with Crippen LogP contribution in [0.5, 0.6) is 0 Å². The van der Waals surface area contributed by atoms with E-state index >= 15 is 0 Å². The maximum Gasteiger partial charge on any atom is 0.238 e. The molecule has 0 aliphatic rings. The maximum absolute atomic E-state index is 5.26. The van der Waals surface area contributed by atoms with Crippen molar-refractivity contribution in [3.63, 3.8) is 0 Å². The summed E-state index contributed by atoms with van der Waals surface area (Å²) in [4.78, 5) is 0. The molecule has 0 aromatic rings. The number of rotatable bonds is 3. The zero-order chi connectivity index (χ0) is 4.83. The third-order valence-corrected chi connectivity index (χ3v) is 0.885. The molecule has 35 valence electrons. The summed E-state index contributed by atoms with van der Waals surface area (Å²) >= 11 is 5.26. The standard InChI is InChI=1S/C4H9BCl/c1-2-3-4-5-6/h2-4H2,1H3. The third kappa shape index (κ3) is 4.35. The summed E-state index contributed by atoms with van der Waals surface area (Å²) in [6.45, 7) is 3.84. The molecule has 6 heavy (non-hydrogen) atoms. The summed E-state index contributed by atoms with van der Waals surface area (Å²) in [5.41, 5.74) is 0. The van der Waals surface area contributed by atoms with Gasteiger partial charge in [-0.2, -0.15) is 0 Å². The molecule has 0 unspecified atom stereocenters. The normalized spacial score (nSPS) is 8.33. The molecule has 0 atom stereocenters. The maximum atomic E-state index is 5.26. The smallest absolute Gasteiger partial charge is 0.204 e. The van der Waals surface area contributed by atoms with Crippen LogP contribution in [-0.2, 0) is 0 Å². The average Bonchev–Trinajstić information content (AvgIpc) is 1.61. The Morgan fingerprint density at radius 3 is 2.50 bits per heavy atom. The van der Waals surface area contributed by atoms with Crippen LogP contribution in [0.25, 0.3) is 0 Å². The fraction of sp³-hybridized carbons (Fsp3) is 1.00. The highest BCUT2D eigenvalue weighted by molar-refractivity contribution is 6.93. The molecule has 0 heterocycles. The van der Waals surface area contributed by atoms with E-state index in [-0.39, 0.29) is 0 Å². The second kappa shape index (κ2) is 5.35. The van der Waals surface area contributed by atoms with Crippen molar-refractivity contribution in [2.75, 3.05) is 0 Å². The van der Waals surface area contributed by atoms with E-state index < -0.39 is 0 Å². The number of hydrogen-bond acceptors (Lipinski definition) is 0. The first-order valence-corrected chi connectivity index (χ1v) is 2.77. The molecular weight excluding hydrogens is 94.3 g/mol. The van der Waals surface area contributed by atoms with Gasteiger partial charge >= 0.3 is 0 Å². The van der Waals surface area contributed by atoms with Gasteiger partial charge in [0, 0.05) is 0 Å². The van der Waals surface area contributed by atoms with Crippen LogP contribution in [0.1, 0.15) is 19.8 Å². The molecule has 0 spiro atoms. The molecular formula is C4H9BCl. The Hall–Kier alpha value is 0.355. The van der Waals surface area contributed by atoms with Crippen molar-refractivity contribution in [3.8, 4) is 0 Å². The van der Waals surface area contributed by atoms with Crippen LogP contribution >= 0.6 is 11.5 Å². The lowest BCUT2D eigenvalue weighted by atomic mass is 9.99. The van der Waals surface area contributed by atoms with E-state index in [1.165, 1.54) is 12.8 Å². The van der Waals surface area contributed by atoms with Crippen molar-refractivity contribution in [3.05, 3.63) is 0 Å². The van der Waals surface area contributed by atoms with E-state index in [2.05, 4.69) is 6.92 Å². The second-order valence-corrected chi connectivity index (χ2v) is 1.61. The van der Waals surface area contributed by atoms with E-state index in [0.717, 1.165) is 6.32 Å². The summed E-state index contributed by atoms with van der Waals surface area (Å²) in [6.07, 6.45) is 3.52.